The van der Waals surface area contributed by atoms with E-state index in [0.717, 1.165) is 0 Å². The summed E-state index contributed by atoms with van der Waals surface area (Å²) in [5.74, 6) is 0.439. The molecule has 0 saturated carbocycles. The van der Waals surface area contributed by atoms with Gasteiger partial charge < -0.3 is 5.32 Å². The molecule has 3 rings (SSSR count). The molecule has 0 saturated heterocycles. The van der Waals surface area contributed by atoms with Gasteiger partial charge in [-0.05, 0) is 12.1 Å². The van der Waals surface area contributed by atoms with Crippen molar-refractivity contribution in [1.29, 1.82) is 0 Å². The molecule has 2 aromatic heterocycles. The lowest BCUT2D eigenvalue weighted by Gasteiger charge is -2.08. The number of anilines is 1. The van der Waals surface area contributed by atoms with E-state index in [1.165, 1.54) is 27.7 Å². The van der Waals surface area contributed by atoms with Crippen LogP contribution >= 0.6 is 23.1 Å². The molecule has 1 aromatic carbocycles. The van der Waals surface area contributed by atoms with Crippen molar-refractivity contribution in [2.24, 2.45) is 7.05 Å². The van der Waals surface area contributed by atoms with Crippen LogP contribution < -0.4 is 10.9 Å². The Balaban J connectivity index is 1.66. The van der Waals surface area contributed by atoms with Crippen LogP contribution in [0.1, 0.15) is 6.42 Å². The molecule has 0 radical (unpaired) electrons. The number of rotatable bonds is 5. The van der Waals surface area contributed by atoms with E-state index in [-0.39, 0.29) is 11.5 Å². The van der Waals surface area contributed by atoms with Gasteiger partial charge >= 0.3 is 0 Å². The SMILES string of the molecule is Cn1c(SCCC(=O)Nc2nccs2)nc2ccccc2c1=O. The highest BCUT2D eigenvalue weighted by molar-refractivity contribution is 7.99. The van der Waals surface area contributed by atoms with Crippen molar-refractivity contribution in [2.45, 2.75) is 11.6 Å². The van der Waals surface area contributed by atoms with E-state index < -0.39 is 0 Å². The van der Waals surface area contributed by atoms with E-state index in [9.17, 15) is 9.59 Å². The average Bonchev–Trinajstić information content (AvgIpc) is 3.05. The van der Waals surface area contributed by atoms with Gasteiger partial charge in [0.15, 0.2) is 10.3 Å². The Hall–Kier alpha value is -2.19. The summed E-state index contributed by atoms with van der Waals surface area (Å²) in [6, 6.07) is 7.25. The standard InChI is InChI=1S/C15H14N4O2S2/c1-19-13(21)10-4-2-3-5-11(10)17-15(19)23-8-6-12(20)18-14-16-7-9-22-14/h2-5,7,9H,6,8H2,1H3,(H,16,18,20). The van der Waals surface area contributed by atoms with Crippen molar-refractivity contribution in [2.75, 3.05) is 11.1 Å². The number of nitrogens with one attached hydrogen (secondary N) is 1. The van der Waals surface area contributed by atoms with Crippen molar-refractivity contribution in [3.63, 3.8) is 0 Å². The quantitative estimate of drug-likeness (QED) is 0.567. The summed E-state index contributed by atoms with van der Waals surface area (Å²) < 4.78 is 1.52. The lowest BCUT2D eigenvalue weighted by atomic mass is 10.2. The highest BCUT2D eigenvalue weighted by Crippen LogP contribution is 2.18. The fraction of sp³-hybridized carbons (Fsp3) is 0.200. The number of fused-ring (bicyclic) bond motifs is 1. The number of aromatic nitrogens is 3. The summed E-state index contributed by atoms with van der Waals surface area (Å²) in [7, 11) is 1.69. The predicted octanol–water partition coefficient (Wildman–Crippen LogP) is 2.51. The molecule has 8 heteroatoms. The number of nitrogens with zero attached hydrogens (tertiary/aromatic N) is 3. The lowest BCUT2D eigenvalue weighted by molar-refractivity contribution is -0.115. The van der Waals surface area contributed by atoms with Crippen molar-refractivity contribution in [3.05, 3.63) is 46.2 Å². The smallest absolute Gasteiger partial charge is 0.261 e. The zero-order valence-electron chi connectivity index (χ0n) is 12.4. The van der Waals surface area contributed by atoms with Gasteiger partial charge in [0.05, 0.1) is 10.9 Å². The molecule has 0 fully saturated rings. The van der Waals surface area contributed by atoms with E-state index in [4.69, 9.17) is 0 Å². The van der Waals surface area contributed by atoms with Crippen molar-refractivity contribution in [1.82, 2.24) is 14.5 Å². The van der Waals surface area contributed by atoms with Crippen molar-refractivity contribution in [3.8, 4) is 0 Å². The number of hydrogen-bond donors (Lipinski definition) is 1. The summed E-state index contributed by atoms with van der Waals surface area (Å²) in [5.41, 5.74) is 0.593. The normalized spacial score (nSPS) is 10.8. The van der Waals surface area contributed by atoms with Crippen LogP contribution in [0, 0.1) is 0 Å². The average molecular weight is 346 g/mol. The number of amides is 1. The zero-order chi connectivity index (χ0) is 16.2. The molecule has 0 aliphatic carbocycles. The first kappa shape index (κ1) is 15.7. The number of hydrogen-bond acceptors (Lipinski definition) is 6. The summed E-state index contributed by atoms with van der Waals surface area (Å²) in [6.07, 6.45) is 1.97. The monoisotopic (exact) mass is 346 g/mol. The largest absolute Gasteiger partial charge is 0.302 e. The van der Waals surface area contributed by atoms with Crippen LogP contribution in [0.2, 0.25) is 0 Å². The number of carbonyl (C=O) groups excluding carboxylic acids is 1. The minimum Gasteiger partial charge on any atom is -0.302 e. The second-order valence-corrected chi connectivity index (χ2v) is 6.72. The molecule has 0 aliphatic rings. The predicted molar refractivity (Wildman–Crippen MR) is 93.1 cm³/mol. The fourth-order valence-electron chi connectivity index (χ4n) is 2.03. The molecule has 1 amide bonds. The van der Waals surface area contributed by atoms with E-state index in [1.54, 1.807) is 24.7 Å². The van der Waals surface area contributed by atoms with Gasteiger partial charge in [-0.15, -0.1) is 11.3 Å². The third-order valence-corrected chi connectivity index (χ3v) is 4.90. The van der Waals surface area contributed by atoms with Crippen LogP contribution in [-0.2, 0) is 11.8 Å². The topological polar surface area (TPSA) is 76.9 Å². The van der Waals surface area contributed by atoms with Crippen LogP contribution in [0.4, 0.5) is 5.13 Å². The Morgan fingerprint density at radius 1 is 1.39 bits per heavy atom. The second kappa shape index (κ2) is 6.93. The maximum atomic E-state index is 12.3. The van der Waals surface area contributed by atoms with E-state index in [0.29, 0.717) is 33.4 Å². The number of carbonyl (C=O) groups is 1. The van der Waals surface area contributed by atoms with Crippen LogP contribution in [0.3, 0.4) is 0 Å². The number of thiazole rings is 1. The van der Waals surface area contributed by atoms with Gasteiger partial charge in [-0.3, -0.25) is 14.2 Å². The molecular formula is C15H14N4O2S2. The Morgan fingerprint density at radius 3 is 3.00 bits per heavy atom. The highest BCUT2D eigenvalue weighted by atomic mass is 32.2. The lowest BCUT2D eigenvalue weighted by Crippen LogP contribution is -2.20. The Labute approximate surface area is 140 Å². The Morgan fingerprint density at radius 2 is 2.22 bits per heavy atom. The second-order valence-electron chi connectivity index (χ2n) is 4.76. The summed E-state index contributed by atoms with van der Waals surface area (Å²) in [5, 5.41) is 6.33. The molecule has 0 bridgehead atoms. The zero-order valence-corrected chi connectivity index (χ0v) is 14.0. The molecule has 6 nitrogen and oxygen atoms in total. The first-order valence-corrected chi connectivity index (χ1v) is 8.79. The number of thioether (sulfide) groups is 1. The van der Waals surface area contributed by atoms with Crippen molar-refractivity contribution < 1.29 is 4.79 Å². The molecule has 118 valence electrons. The van der Waals surface area contributed by atoms with E-state index in [1.807, 2.05) is 18.2 Å². The van der Waals surface area contributed by atoms with Gasteiger partial charge in [-0.25, -0.2) is 9.97 Å². The molecule has 0 atom stereocenters. The third-order valence-electron chi connectivity index (χ3n) is 3.18. The van der Waals surface area contributed by atoms with Gasteiger partial charge in [0.25, 0.3) is 5.56 Å². The van der Waals surface area contributed by atoms with Crippen molar-refractivity contribution >= 4 is 45.0 Å². The first-order chi connectivity index (χ1) is 11.1. The van der Waals surface area contributed by atoms with E-state index in [2.05, 4.69) is 15.3 Å². The van der Waals surface area contributed by atoms with Gasteiger partial charge in [0.2, 0.25) is 5.91 Å². The highest BCUT2D eigenvalue weighted by Gasteiger charge is 2.10. The maximum Gasteiger partial charge on any atom is 0.261 e. The molecule has 3 aromatic rings. The number of para-hydroxylation sites is 1. The first-order valence-electron chi connectivity index (χ1n) is 6.93. The third kappa shape index (κ3) is 3.59. The number of benzene rings is 1. The molecule has 0 unspecified atom stereocenters. The summed E-state index contributed by atoms with van der Waals surface area (Å²) in [6.45, 7) is 0. The summed E-state index contributed by atoms with van der Waals surface area (Å²) in [4.78, 5) is 32.6. The Bertz CT molecular complexity index is 890. The molecule has 0 aliphatic heterocycles. The van der Waals surface area contributed by atoms with Gasteiger partial charge in [-0.2, -0.15) is 0 Å². The molecule has 23 heavy (non-hydrogen) atoms. The molecule has 2 heterocycles. The van der Waals surface area contributed by atoms with Crippen LogP contribution in [0.15, 0.2) is 45.8 Å². The summed E-state index contributed by atoms with van der Waals surface area (Å²) >= 11 is 2.77. The van der Waals surface area contributed by atoms with E-state index >= 15 is 0 Å². The van der Waals surface area contributed by atoms with Crippen LogP contribution in [0.25, 0.3) is 10.9 Å². The van der Waals surface area contributed by atoms with Crippen LogP contribution in [-0.4, -0.2) is 26.2 Å². The minimum absolute atomic E-state index is 0.0784. The van der Waals surface area contributed by atoms with Gasteiger partial charge in [-0.1, -0.05) is 23.9 Å². The Kier molecular flexibility index (Phi) is 4.73. The molecule has 1 N–H and O–H groups in total. The fourth-order valence-corrected chi connectivity index (χ4v) is 3.48. The minimum atomic E-state index is -0.0989. The van der Waals surface area contributed by atoms with Gasteiger partial charge in [0.1, 0.15) is 0 Å². The van der Waals surface area contributed by atoms with Gasteiger partial charge in [0, 0.05) is 30.8 Å². The molecular weight excluding hydrogens is 332 g/mol. The maximum absolute atomic E-state index is 12.3. The van der Waals surface area contributed by atoms with Crippen LogP contribution in [0.5, 0.6) is 0 Å². The molecule has 0 spiro atoms.